The van der Waals surface area contributed by atoms with Crippen molar-refractivity contribution < 1.29 is 9.50 Å². The molecule has 3 N–H and O–H groups in total. The number of nitrogens with zero attached hydrogens (tertiary/aromatic N) is 1. The maximum atomic E-state index is 12.9. The summed E-state index contributed by atoms with van der Waals surface area (Å²) in [6.07, 6.45) is 4.65. The normalized spacial score (nSPS) is 16.7. The van der Waals surface area contributed by atoms with Crippen LogP contribution in [0.4, 0.5) is 4.39 Å². The zero-order valence-electron chi connectivity index (χ0n) is 13.6. The van der Waals surface area contributed by atoms with E-state index in [0.717, 1.165) is 56.7 Å². The molecule has 1 aliphatic rings. The molecule has 1 aromatic carbocycles. The molecule has 1 aromatic rings. The van der Waals surface area contributed by atoms with Crippen molar-refractivity contribution in [1.29, 1.82) is 0 Å². The largest absolute Gasteiger partial charge is 0.388 e. The maximum absolute atomic E-state index is 12.9. The van der Waals surface area contributed by atoms with Crippen LogP contribution in [0.25, 0.3) is 0 Å². The topological polar surface area (TPSA) is 56.7 Å². The molecule has 0 unspecified atom stereocenters. The van der Waals surface area contributed by atoms with Crippen LogP contribution in [0.5, 0.6) is 0 Å². The highest BCUT2D eigenvalue weighted by atomic mass is 127. The van der Waals surface area contributed by atoms with Gasteiger partial charge in [-0.15, -0.1) is 24.0 Å². The van der Waals surface area contributed by atoms with E-state index in [9.17, 15) is 9.50 Å². The van der Waals surface area contributed by atoms with Crippen LogP contribution >= 0.6 is 24.0 Å². The molecule has 0 saturated heterocycles. The van der Waals surface area contributed by atoms with Crippen molar-refractivity contribution in [1.82, 2.24) is 10.6 Å². The fraction of sp³-hybridized carbons (Fsp3) is 0.588. The molecule has 0 aliphatic heterocycles. The Balaban J connectivity index is 0.00000264. The minimum absolute atomic E-state index is 0. The van der Waals surface area contributed by atoms with Gasteiger partial charge in [-0.3, -0.25) is 4.99 Å². The van der Waals surface area contributed by atoms with Gasteiger partial charge in [-0.1, -0.05) is 25.0 Å². The molecule has 0 aromatic heterocycles. The first kappa shape index (κ1) is 20.2. The van der Waals surface area contributed by atoms with Gasteiger partial charge in [0.25, 0.3) is 0 Å². The van der Waals surface area contributed by atoms with Gasteiger partial charge in [-0.25, -0.2) is 4.39 Å². The van der Waals surface area contributed by atoms with Crippen molar-refractivity contribution in [2.75, 3.05) is 19.6 Å². The molecular formula is C17H27FIN3O. The standard InChI is InChI=1S/C17H26FN3O.HI/c1-2-19-16(21-13-17(22)10-3-4-11-17)20-12-9-14-5-7-15(18)8-6-14;/h5-8,22H,2-4,9-13H2,1H3,(H2,19,20,21);1H. The van der Waals surface area contributed by atoms with Gasteiger partial charge in [-0.05, 0) is 43.9 Å². The van der Waals surface area contributed by atoms with E-state index >= 15 is 0 Å². The average molecular weight is 435 g/mol. The van der Waals surface area contributed by atoms with E-state index in [-0.39, 0.29) is 29.8 Å². The van der Waals surface area contributed by atoms with Gasteiger partial charge >= 0.3 is 0 Å². The molecule has 0 radical (unpaired) electrons. The first-order valence-corrected chi connectivity index (χ1v) is 8.10. The molecule has 23 heavy (non-hydrogen) atoms. The molecule has 0 heterocycles. The van der Waals surface area contributed by atoms with E-state index in [1.54, 1.807) is 12.1 Å². The molecule has 0 amide bonds. The Morgan fingerprint density at radius 2 is 1.87 bits per heavy atom. The van der Waals surface area contributed by atoms with Crippen LogP contribution in [0, 0.1) is 5.82 Å². The Morgan fingerprint density at radius 1 is 1.22 bits per heavy atom. The van der Waals surface area contributed by atoms with Gasteiger partial charge in [0.2, 0.25) is 0 Å². The van der Waals surface area contributed by atoms with Crippen LogP contribution in [-0.4, -0.2) is 36.3 Å². The quantitative estimate of drug-likeness (QED) is 0.366. The lowest BCUT2D eigenvalue weighted by atomic mass is 10.0. The minimum Gasteiger partial charge on any atom is -0.388 e. The van der Waals surface area contributed by atoms with Crippen LogP contribution in [-0.2, 0) is 6.42 Å². The smallest absolute Gasteiger partial charge is 0.191 e. The van der Waals surface area contributed by atoms with Crippen LogP contribution in [0.15, 0.2) is 29.3 Å². The SMILES string of the molecule is CCNC(=NCC1(O)CCCC1)NCCc1ccc(F)cc1.I. The molecular weight excluding hydrogens is 408 g/mol. The Morgan fingerprint density at radius 3 is 2.48 bits per heavy atom. The van der Waals surface area contributed by atoms with E-state index < -0.39 is 5.60 Å². The summed E-state index contributed by atoms with van der Waals surface area (Å²) >= 11 is 0. The van der Waals surface area contributed by atoms with Gasteiger partial charge < -0.3 is 15.7 Å². The van der Waals surface area contributed by atoms with Crippen molar-refractivity contribution >= 4 is 29.9 Å². The highest BCUT2D eigenvalue weighted by molar-refractivity contribution is 14.0. The van der Waals surface area contributed by atoms with E-state index in [1.807, 2.05) is 6.92 Å². The summed E-state index contributed by atoms with van der Waals surface area (Å²) in [6, 6.07) is 6.54. The number of guanidine groups is 1. The van der Waals surface area contributed by atoms with E-state index in [0.29, 0.717) is 6.54 Å². The van der Waals surface area contributed by atoms with Gasteiger partial charge in [0.05, 0.1) is 12.1 Å². The lowest BCUT2D eigenvalue weighted by Crippen LogP contribution is -2.40. The van der Waals surface area contributed by atoms with Crippen molar-refractivity contribution in [3.8, 4) is 0 Å². The summed E-state index contributed by atoms with van der Waals surface area (Å²) in [5, 5.41) is 16.8. The predicted octanol–water partition coefficient (Wildman–Crippen LogP) is 2.85. The molecule has 0 bridgehead atoms. The number of aliphatic hydroxyl groups is 1. The molecule has 6 heteroatoms. The van der Waals surface area contributed by atoms with Gasteiger partial charge in [0.1, 0.15) is 5.82 Å². The van der Waals surface area contributed by atoms with E-state index in [4.69, 9.17) is 0 Å². The van der Waals surface area contributed by atoms with Crippen LogP contribution in [0.1, 0.15) is 38.2 Å². The number of hydrogen-bond donors (Lipinski definition) is 3. The molecule has 0 atom stereocenters. The fourth-order valence-corrected chi connectivity index (χ4v) is 2.74. The second kappa shape index (κ2) is 10.1. The number of halogens is 2. The summed E-state index contributed by atoms with van der Waals surface area (Å²) in [5.41, 5.74) is 0.457. The first-order valence-electron chi connectivity index (χ1n) is 8.10. The number of nitrogens with one attached hydrogen (secondary N) is 2. The molecule has 2 rings (SSSR count). The average Bonchev–Trinajstić information content (AvgIpc) is 2.94. The van der Waals surface area contributed by atoms with Crippen LogP contribution in [0.2, 0.25) is 0 Å². The Hall–Kier alpha value is -0.890. The molecule has 4 nitrogen and oxygen atoms in total. The number of rotatable bonds is 6. The Kier molecular flexibility index (Phi) is 8.83. The van der Waals surface area contributed by atoms with E-state index in [2.05, 4.69) is 15.6 Å². The molecule has 130 valence electrons. The Labute approximate surface area is 155 Å². The summed E-state index contributed by atoms with van der Waals surface area (Å²) in [4.78, 5) is 4.50. The van der Waals surface area contributed by atoms with Gasteiger partial charge in [0.15, 0.2) is 5.96 Å². The second-order valence-electron chi connectivity index (χ2n) is 5.93. The lowest BCUT2D eigenvalue weighted by Gasteiger charge is -2.20. The Bertz CT molecular complexity index is 487. The number of hydrogen-bond acceptors (Lipinski definition) is 2. The fourth-order valence-electron chi connectivity index (χ4n) is 2.74. The minimum atomic E-state index is -0.626. The van der Waals surface area contributed by atoms with Crippen molar-refractivity contribution in [3.05, 3.63) is 35.6 Å². The summed E-state index contributed by atoms with van der Waals surface area (Å²) < 4.78 is 12.9. The molecule has 1 saturated carbocycles. The van der Waals surface area contributed by atoms with Crippen molar-refractivity contribution in [3.63, 3.8) is 0 Å². The van der Waals surface area contributed by atoms with Crippen LogP contribution < -0.4 is 10.6 Å². The van der Waals surface area contributed by atoms with Crippen LogP contribution in [0.3, 0.4) is 0 Å². The van der Waals surface area contributed by atoms with Crippen molar-refractivity contribution in [2.24, 2.45) is 4.99 Å². The number of aliphatic imine (C=N–C) groups is 1. The predicted molar refractivity (Wildman–Crippen MR) is 103 cm³/mol. The lowest BCUT2D eigenvalue weighted by molar-refractivity contribution is 0.0574. The molecule has 1 aliphatic carbocycles. The maximum Gasteiger partial charge on any atom is 0.191 e. The summed E-state index contributed by atoms with van der Waals surface area (Å²) in [5.74, 6) is 0.515. The van der Waals surface area contributed by atoms with Gasteiger partial charge in [-0.2, -0.15) is 0 Å². The third-order valence-electron chi connectivity index (χ3n) is 4.03. The second-order valence-corrected chi connectivity index (χ2v) is 5.93. The van der Waals surface area contributed by atoms with Gasteiger partial charge in [0, 0.05) is 13.1 Å². The van der Waals surface area contributed by atoms with Crippen molar-refractivity contribution in [2.45, 2.75) is 44.6 Å². The van der Waals surface area contributed by atoms with E-state index in [1.165, 1.54) is 12.1 Å². The monoisotopic (exact) mass is 435 g/mol. The third kappa shape index (κ3) is 7.03. The molecule has 0 spiro atoms. The summed E-state index contributed by atoms with van der Waals surface area (Å²) in [6.45, 7) is 3.96. The summed E-state index contributed by atoms with van der Waals surface area (Å²) in [7, 11) is 0. The zero-order valence-corrected chi connectivity index (χ0v) is 16.0. The molecule has 1 fully saturated rings. The number of benzene rings is 1. The zero-order chi connectivity index (χ0) is 15.8. The highest BCUT2D eigenvalue weighted by Gasteiger charge is 2.30. The third-order valence-corrected chi connectivity index (χ3v) is 4.03. The highest BCUT2D eigenvalue weighted by Crippen LogP contribution is 2.29. The first-order chi connectivity index (χ1) is 10.6.